The van der Waals surface area contributed by atoms with E-state index in [1.807, 2.05) is 6.92 Å². The van der Waals surface area contributed by atoms with E-state index in [9.17, 15) is 5.11 Å². The first-order chi connectivity index (χ1) is 8.85. The quantitative estimate of drug-likeness (QED) is 0.890. The van der Waals surface area contributed by atoms with Crippen LogP contribution in [-0.4, -0.2) is 15.7 Å². The van der Waals surface area contributed by atoms with Gasteiger partial charge in [0.05, 0.1) is 10.6 Å². The van der Waals surface area contributed by atoms with Crippen molar-refractivity contribution in [3.05, 3.63) is 16.1 Å². The van der Waals surface area contributed by atoms with Crippen molar-refractivity contribution < 1.29 is 5.11 Å². The molecule has 1 aromatic rings. The lowest BCUT2D eigenvalue weighted by Crippen LogP contribution is -2.39. The lowest BCUT2D eigenvalue weighted by molar-refractivity contribution is -0.0276. The van der Waals surface area contributed by atoms with Crippen molar-refractivity contribution in [3.63, 3.8) is 0 Å². The van der Waals surface area contributed by atoms with Crippen molar-refractivity contribution in [2.45, 2.75) is 71.8 Å². The molecule has 0 saturated heterocycles. The molecule has 0 unspecified atom stereocenters. The minimum atomic E-state index is -0.509. The molecule has 1 aliphatic carbocycles. The second-order valence-corrected chi connectivity index (χ2v) is 7.84. The monoisotopic (exact) mass is 281 g/mol. The smallest absolute Gasteiger partial charge is 0.0956 e. The Morgan fingerprint density at radius 1 is 1.42 bits per heavy atom. The Hall–Kier alpha value is -0.410. The molecular weight excluding hydrogens is 254 g/mol. The van der Waals surface area contributed by atoms with Gasteiger partial charge < -0.3 is 5.11 Å². The standard InChI is InChI=1S/C16H27NOS/c1-5-15(3,4)13-6-8-16(18,9-7-13)10-14-17-12(2)11-19-14/h11,13,18H,5-10H2,1-4H3. The molecule has 1 N–H and O–H groups in total. The van der Waals surface area contributed by atoms with Gasteiger partial charge in [-0.15, -0.1) is 11.3 Å². The minimum Gasteiger partial charge on any atom is -0.389 e. The molecule has 2 nitrogen and oxygen atoms in total. The molecule has 3 heteroatoms. The number of aromatic nitrogens is 1. The maximum absolute atomic E-state index is 10.8. The Bertz CT molecular complexity index is 416. The summed E-state index contributed by atoms with van der Waals surface area (Å²) in [7, 11) is 0. The molecule has 2 rings (SSSR count). The summed E-state index contributed by atoms with van der Waals surface area (Å²) in [4.78, 5) is 4.49. The Morgan fingerprint density at radius 3 is 2.53 bits per heavy atom. The van der Waals surface area contributed by atoms with Crippen LogP contribution in [0.25, 0.3) is 0 Å². The molecule has 19 heavy (non-hydrogen) atoms. The van der Waals surface area contributed by atoms with Gasteiger partial charge in [0.1, 0.15) is 0 Å². The summed E-state index contributed by atoms with van der Waals surface area (Å²) in [5.41, 5.74) is 0.980. The Kier molecular flexibility index (Phi) is 4.36. The van der Waals surface area contributed by atoms with Gasteiger partial charge in [-0.25, -0.2) is 4.98 Å². The zero-order valence-corrected chi connectivity index (χ0v) is 13.5. The van der Waals surface area contributed by atoms with Crippen LogP contribution in [0.1, 0.15) is 63.6 Å². The summed E-state index contributed by atoms with van der Waals surface area (Å²) in [6, 6.07) is 0. The highest BCUT2D eigenvalue weighted by atomic mass is 32.1. The normalized spacial score (nSPS) is 28.6. The van der Waals surface area contributed by atoms with E-state index in [2.05, 4.69) is 31.1 Å². The van der Waals surface area contributed by atoms with Crippen molar-refractivity contribution in [2.24, 2.45) is 11.3 Å². The van der Waals surface area contributed by atoms with Crippen LogP contribution < -0.4 is 0 Å². The Balaban J connectivity index is 1.94. The van der Waals surface area contributed by atoms with E-state index in [4.69, 9.17) is 0 Å². The van der Waals surface area contributed by atoms with Gasteiger partial charge >= 0.3 is 0 Å². The SMILES string of the molecule is CCC(C)(C)C1CCC(O)(Cc2nc(C)cs2)CC1. The topological polar surface area (TPSA) is 33.1 Å². The number of aryl methyl sites for hydroxylation is 1. The lowest BCUT2D eigenvalue weighted by Gasteiger charge is -2.42. The largest absolute Gasteiger partial charge is 0.389 e. The molecule has 1 heterocycles. The van der Waals surface area contributed by atoms with Crippen molar-refractivity contribution in [1.82, 2.24) is 4.98 Å². The number of thiazole rings is 1. The average Bonchev–Trinajstić information content (AvgIpc) is 2.74. The summed E-state index contributed by atoms with van der Waals surface area (Å²) in [6.45, 7) is 9.03. The van der Waals surface area contributed by atoms with Crippen LogP contribution in [0.4, 0.5) is 0 Å². The molecular formula is C16H27NOS. The predicted octanol–water partition coefficient (Wildman–Crippen LogP) is 4.35. The van der Waals surface area contributed by atoms with E-state index in [-0.39, 0.29) is 0 Å². The average molecular weight is 281 g/mol. The minimum absolute atomic E-state index is 0.416. The van der Waals surface area contributed by atoms with Crippen molar-refractivity contribution >= 4 is 11.3 Å². The summed E-state index contributed by atoms with van der Waals surface area (Å²) in [5, 5.41) is 13.9. The highest BCUT2D eigenvalue weighted by Crippen LogP contribution is 2.44. The van der Waals surface area contributed by atoms with Crippen molar-refractivity contribution in [1.29, 1.82) is 0 Å². The van der Waals surface area contributed by atoms with E-state index in [1.54, 1.807) is 11.3 Å². The highest BCUT2D eigenvalue weighted by molar-refractivity contribution is 7.09. The molecule has 0 aromatic carbocycles. The molecule has 1 fully saturated rings. The van der Waals surface area contributed by atoms with Crippen LogP contribution in [0.5, 0.6) is 0 Å². The summed E-state index contributed by atoms with van der Waals surface area (Å²) < 4.78 is 0. The third kappa shape index (κ3) is 3.57. The maximum atomic E-state index is 10.8. The molecule has 1 aromatic heterocycles. The zero-order chi connectivity index (χ0) is 14.1. The van der Waals surface area contributed by atoms with Crippen LogP contribution >= 0.6 is 11.3 Å². The van der Waals surface area contributed by atoms with Gasteiger partial charge in [-0.1, -0.05) is 27.2 Å². The fourth-order valence-corrected chi connectivity index (χ4v) is 4.08. The van der Waals surface area contributed by atoms with Gasteiger partial charge in [-0.05, 0) is 43.9 Å². The molecule has 1 aliphatic rings. The third-order valence-electron chi connectivity index (χ3n) is 5.08. The van der Waals surface area contributed by atoms with Crippen LogP contribution in [0, 0.1) is 18.3 Å². The van der Waals surface area contributed by atoms with Gasteiger partial charge in [0.25, 0.3) is 0 Å². The molecule has 0 aliphatic heterocycles. The van der Waals surface area contributed by atoms with Gasteiger partial charge in [0.15, 0.2) is 0 Å². The number of aliphatic hydroxyl groups is 1. The van der Waals surface area contributed by atoms with Gasteiger partial charge in [-0.2, -0.15) is 0 Å². The van der Waals surface area contributed by atoms with E-state index in [0.29, 0.717) is 5.41 Å². The first-order valence-corrected chi connectivity index (χ1v) is 8.36. The van der Waals surface area contributed by atoms with E-state index in [1.165, 1.54) is 6.42 Å². The summed E-state index contributed by atoms with van der Waals surface area (Å²) in [6.07, 6.45) is 6.13. The lowest BCUT2D eigenvalue weighted by atomic mass is 9.66. The first-order valence-electron chi connectivity index (χ1n) is 7.48. The van der Waals surface area contributed by atoms with Crippen LogP contribution in [0.3, 0.4) is 0 Å². The van der Waals surface area contributed by atoms with E-state index >= 15 is 0 Å². The molecule has 108 valence electrons. The fraction of sp³-hybridized carbons (Fsp3) is 0.812. The fourth-order valence-electron chi connectivity index (χ4n) is 3.17. The molecule has 0 amide bonds. The van der Waals surface area contributed by atoms with Gasteiger partial charge in [0, 0.05) is 17.5 Å². The molecule has 0 atom stereocenters. The number of hydrogen-bond donors (Lipinski definition) is 1. The summed E-state index contributed by atoms with van der Waals surface area (Å²) >= 11 is 1.68. The zero-order valence-electron chi connectivity index (χ0n) is 12.7. The Labute approximate surface area is 121 Å². The van der Waals surface area contributed by atoms with Crippen molar-refractivity contribution in [2.75, 3.05) is 0 Å². The van der Waals surface area contributed by atoms with Gasteiger partial charge in [0.2, 0.25) is 0 Å². The van der Waals surface area contributed by atoms with Gasteiger partial charge in [-0.3, -0.25) is 0 Å². The number of hydrogen-bond acceptors (Lipinski definition) is 3. The van der Waals surface area contributed by atoms with Crippen molar-refractivity contribution in [3.8, 4) is 0 Å². The number of rotatable bonds is 4. The highest BCUT2D eigenvalue weighted by Gasteiger charge is 2.38. The molecule has 1 saturated carbocycles. The molecule has 0 radical (unpaired) electrons. The maximum Gasteiger partial charge on any atom is 0.0956 e. The predicted molar refractivity (Wildman–Crippen MR) is 81.5 cm³/mol. The molecule has 0 bridgehead atoms. The second-order valence-electron chi connectivity index (χ2n) is 6.90. The first kappa shape index (κ1) is 15.0. The summed E-state index contributed by atoms with van der Waals surface area (Å²) in [5.74, 6) is 0.760. The second kappa shape index (κ2) is 5.53. The van der Waals surface area contributed by atoms with Crippen LogP contribution in [0.2, 0.25) is 0 Å². The van der Waals surface area contributed by atoms with E-state index in [0.717, 1.165) is 48.7 Å². The van der Waals surface area contributed by atoms with E-state index < -0.39 is 5.60 Å². The number of nitrogens with zero attached hydrogens (tertiary/aromatic N) is 1. The molecule has 0 spiro atoms. The van der Waals surface area contributed by atoms with Crippen LogP contribution in [0.15, 0.2) is 5.38 Å². The van der Waals surface area contributed by atoms with Crippen LogP contribution in [-0.2, 0) is 6.42 Å². The Morgan fingerprint density at radius 2 is 2.05 bits per heavy atom. The third-order valence-corrected chi connectivity index (χ3v) is 6.05.